The zero-order valence-electron chi connectivity index (χ0n) is 7.48. The van der Waals surface area contributed by atoms with Crippen molar-refractivity contribution in [3.05, 3.63) is 42.0 Å². The van der Waals surface area contributed by atoms with Crippen LogP contribution in [0, 0.1) is 5.82 Å². The van der Waals surface area contributed by atoms with Crippen LogP contribution in [0.5, 0.6) is 0 Å². The van der Waals surface area contributed by atoms with Crippen molar-refractivity contribution in [1.29, 1.82) is 0 Å². The Morgan fingerprint density at radius 2 is 2.20 bits per heavy atom. The minimum atomic E-state index is -0.478. The first-order chi connectivity index (χ1) is 7.27. The molecule has 76 valence electrons. The van der Waals surface area contributed by atoms with Gasteiger partial charge in [0.05, 0.1) is 23.6 Å². The second-order valence-corrected chi connectivity index (χ2v) is 3.28. The smallest absolute Gasteiger partial charge is 0.277 e. The number of hydrogen-bond donors (Lipinski definition) is 1. The van der Waals surface area contributed by atoms with Gasteiger partial charge in [-0.05, 0) is 12.1 Å². The number of benzene rings is 1. The summed E-state index contributed by atoms with van der Waals surface area (Å²) in [5.41, 5.74) is 0.318. The Balaban J connectivity index is 2.17. The minimum absolute atomic E-state index is 0.135. The molecule has 0 bridgehead atoms. The van der Waals surface area contributed by atoms with E-state index in [9.17, 15) is 9.18 Å². The van der Waals surface area contributed by atoms with Crippen molar-refractivity contribution in [3.63, 3.8) is 0 Å². The van der Waals surface area contributed by atoms with E-state index in [1.54, 1.807) is 12.1 Å². The topological polar surface area (TPSA) is 54.9 Å². The summed E-state index contributed by atoms with van der Waals surface area (Å²) < 4.78 is 20.6. The molecule has 0 radical (unpaired) electrons. The van der Waals surface area contributed by atoms with Crippen LogP contribution in [-0.2, 0) is 0 Å². The highest BCUT2D eigenvalue weighted by Gasteiger charge is 2.10. The summed E-state index contributed by atoms with van der Waals surface area (Å²) >= 11 is 0.928. The number of carbonyl (C=O) groups excluding carboxylic acids is 1. The van der Waals surface area contributed by atoms with Gasteiger partial charge in [0.1, 0.15) is 5.82 Å². The number of para-hydroxylation sites is 1. The average molecular weight is 223 g/mol. The third kappa shape index (κ3) is 2.16. The van der Waals surface area contributed by atoms with E-state index in [-0.39, 0.29) is 11.4 Å². The normalized spacial score (nSPS) is 9.93. The summed E-state index contributed by atoms with van der Waals surface area (Å²) in [7, 11) is 0. The minimum Gasteiger partial charge on any atom is -0.318 e. The van der Waals surface area contributed by atoms with Gasteiger partial charge in [-0.3, -0.25) is 4.79 Å². The molecule has 4 nitrogen and oxygen atoms in total. The summed E-state index contributed by atoms with van der Waals surface area (Å²) in [5.74, 6) is -0.942. The first-order valence-corrected chi connectivity index (χ1v) is 4.84. The van der Waals surface area contributed by atoms with E-state index in [1.807, 2.05) is 0 Å². The van der Waals surface area contributed by atoms with E-state index in [0.29, 0.717) is 0 Å². The lowest BCUT2D eigenvalue weighted by molar-refractivity contribution is 0.102. The van der Waals surface area contributed by atoms with Crippen molar-refractivity contribution >= 4 is 23.3 Å². The summed E-state index contributed by atoms with van der Waals surface area (Å²) in [6.45, 7) is 0. The maximum atomic E-state index is 13.1. The molecule has 1 aromatic heterocycles. The van der Waals surface area contributed by atoms with E-state index in [2.05, 4.69) is 14.1 Å². The maximum Gasteiger partial charge on any atom is 0.277 e. The van der Waals surface area contributed by atoms with Crippen molar-refractivity contribution < 1.29 is 9.18 Å². The van der Waals surface area contributed by atoms with Crippen LogP contribution in [0.25, 0.3) is 0 Å². The highest BCUT2D eigenvalue weighted by Crippen LogP contribution is 2.13. The molecular weight excluding hydrogens is 217 g/mol. The van der Waals surface area contributed by atoms with E-state index in [1.165, 1.54) is 18.3 Å². The molecule has 2 rings (SSSR count). The van der Waals surface area contributed by atoms with Crippen molar-refractivity contribution in [3.8, 4) is 0 Å². The summed E-state index contributed by atoms with van der Waals surface area (Å²) in [5, 5.41) is 2.40. The number of halogens is 1. The molecule has 0 fully saturated rings. The fourth-order valence-electron chi connectivity index (χ4n) is 1.01. The number of carbonyl (C=O) groups is 1. The lowest BCUT2D eigenvalue weighted by Gasteiger charge is -2.02. The van der Waals surface area contributed by atoms with E-state index < -0.39 is 11.7 Å². The number of aromatic nitrogens is 2. The second-order valence-electron chi connectivity index (χ2n) is 2.73. The number of amides is 1. The Labute approximate surface area is 89.1 Å². The van der Waals surface area contributed by atoms with E-state index in [4.69, 9.17) is 0 Å². The Morgan fingerprint density at radius 1 is 1.40 bits per heavy atom. The number of rotatable bonds is 2. The van der Waals surface area contributed by atoms with Crippen LogP contribution in [0.3, 0.4) is 0 Å². The zero-order chi connectivity index (χ0) is 10.7. The Kier molecular flexibility index (Phi) is 2.68. The second kappa shape index (κ2) is 4.14. The lowest BCUT2D eigenvalue weighted by atomic mass is 10.3. The van der Waals surface area contributed by atoms with Crippen LogP contribution >= 0.6 is 11.7 Å². The van der Waals surface area contributed by atoms with Crippen molar-refractivity contribution in [1.82, 2.24) is 8.75 Å². The molecule has 0 aliphatic carbocycles. The molecule has 1 amide bonds. The van der Waals surface area contributed by atoms with Crippen molar-refractivity contribution in [2.75, 3.05) is 5.32 Å². The van der Waals surface area contributed by atoms with Crippen LogP contribution < -0.4 is 5.32 Å². The van der Waals surface area contributed by atoms with Gasteiger partial charge in [-0.1, -0.05) is 12.1 Å². The van der Waals surface area contributed by atoms with E-state index in [0.717, 1.165) is 11.7 Å². The molecule has 0 aliphatic rings. The van der Waals surface area contributed by atoms with Crippen molar-refractivity contribution in [2.45, 2.75) is 0 Å². The number of nitrogens with one attached hydrogen (secondary N) is 1. The summed E-state index contributed by atoms with van der Waals surface area (Å²) in [4.78, 5) is 11.5. The largest absolute Gasteiger partial charge is 0.318 e. The molecule has 0 saturated carbocycles. The highest BCUT2D eigenvalue weighted by atomic mass is 32.1. The summed E-state index contributed by atoms with van der Waals surface area (Å²) in [6, 6.07) is 5.94. The lowest BCUT2D eigenvalue weighted by Crippen LogP contribution is -2.13. The Morgan fingerprint density at radius 3 is 2.87 bits per heavy atom. The van der Waals surface area contributed by atoms with Crippen LogP contribution in [0.15, 0.2) is 30.5 Å². The molecule has 0 saturated heterocycles. The van der Waals surface area contributed by atoms with Crippen LogP contribution in [0.1, 0.15) is 10.5 Å². The number of nitrogens with zero attached hydrogens (tertiary/aromatic N) is 2. The molecule has 2 aromatic rings. The van der Waals surface area contributed by atoms with Gasteiger partial charge in [0.2, 0.25) is 0 Å². The van der Waals surface area contributed by atoms with Gasteiger partial charge < -0.3 is 5.32 Å². The highest BCUT2D eigenvalue weighted by molar-refractivity contribution is 6.99. The number of hydrogen-bond acceptors (Lipinski definition) is 4. The maximum absolute atomic E-state index is 13.1. The standard InChI is InChI=1S/C9H6FN3OS/c10-6-3-1-2-4-7(6)12-9(14)8-5-11-15-13-8/h1-5H,(H,12,14). The van der Waals surface area contributed by atoms with Crippen molar-refractivity contribution in [2.24, 2.45) is 0 Å². The van der Waals surface area contributed by atoms with E-state index >= 15 is 0 Å². The third-order valence-corrected chi connectivity index (χ3v) is 2.19. The number of anilines is 1. The molecule has 1 aromatic carbocycles. The molecule has 0 aliphatic heterocycles. The molecule has 1 heterocycles. The first kappa shape index (κ1) is 9.72. The van der Waals surface area contributed by atoms with Crippen LogP contribution in [0.2, 0.25) is 0 Å². The van der Waals surface area contributed by atoms with Gasteiger partial charge >= 0.3 is 0 Å². The third-order valence-electron chi connectivity index (χ3n) is 1.72. The molecule has 0 unspecified atom stereocenters. The zero-order valence-corrected chi connectivity index (χ0v) is 8.29. The predicted octanol–water partition coefficient (Wildman–Crippen LogP) is 1.93. The monoisotopic (exact) mass is 223 g/mol. The molecule has 1 N–H and O–H groups in total. The van der Waals surface area contributed by atoms with Gasteiger partial charge in [-0.15, -0.1) is 0 Å². The molecule has 6 heteroatoms. The molecule has 15 heavy (non-hydrogen) atoms. The molecular formula is C9H6FN3OS. The van der Waals surface area contributed by atoms with Gasteiger partial charge in [0.15, 0.2) is 5.69 Å². The SMILES string of the molecule is O=C(Nc1ccccc1F)c1cnsn1. The fourth-order valence-corrected chi connectivity index (χ4v) is 1.43. The summed E-state index contributed by atoms with van der Waals surface area (Å²) in [6.07, 6.45) is 1.33. The molecule has 0 atom stereocenters. The first-order valence-electron chi connectivity index (χ1n) is 4.11. The van der Waals surface area contributed by atoms with Gasteiger partial charge in [-0.25, -0.2) is 4.39 Å². The molecule has 0 spiro atoms. The van der Waals surface area contributed by atoms with Gasteiger partial charge in [0.25, 0.3) is 5.91 Å². The Bertz CT molecular complexity index is 472. The van der Waals surface area contributed by atoms with Crippen LogP contribution in [0.4, 0.5) is 10.1 Å². The predicted molar refractivity (Wildman–Crippen MR) is 54.3 cm³/mol. The fraction of sp³-hybridized carbons (Fsp3) is 0. The van der Waals surface area contributed by atoms with Gasteiger partial charge in [-0.2, -0.15) is 8.75 Å². The average Bonchev–Trinajstić information content (AvgIpc) is 2.74. The van der Waals surface area contributed by atoms with Crippen LogP contribution in [-0.4, -0.2) is 14.7 Å². The quantitative estimate of drug-likeness (QED) is 0.846. The van der Waals surface area contributed by atoms with Gasteiger partial charge in [0, 0.05) is 0 Å². The Hall–Kier alpha value is -1.82.